The zero-order valence-electron chi connectivity index (χ0n) is 11.6. The van der Waals surface area contributed by atoms with Crippen molar-refractivity contribution in [3.05, 3.63) is 24.5 Å². The predicted molar refractivity (Wildman–Crippen MR) is 76.1 cm³/mol. The summed E-state index contributed by atoms with van der Waals surface area (Å²) in [5, 5.41) is 5.21. The molecule has 0 aliphatic carbocycles. The van der Waals surface area contributed by atoms with Crippen molar-refractivity contribution in [2.24, 2.45) is 0 Å². The van der Waals surface area contributed by atoms with Gasteiger partial charge in [0.15, 0.2) is 0 Å². The normalized spacial score (nSPS) is 18.8. The number of carbonyl (C=O) groups is 2. The summed E-state index contributed by atoms with van der Waals surface area (Å²) in [6.45, 7) is 4.67. The highest BCUT2D eigenvalue weighted by Gasteiger charge is 2.24. The van der Waals surface area contributed by atoms with Crippen molar-refractivity contribution < 1.29 is 9.59 Å². The van der Waals surface area contributed by atoms with Gasteiger partial charge in [0.2, 0.25) is 0 Å². The van der Waals surface area contributed by atoms with Crippen LogP contribution in [0, 0.1) is 0 Å². The summed E-state index contributed by atoms with van der Waals surface area (Å²) in [4.78, 5) is 29.6. The number of carbonyl (C=O) groups excluding carboxylic acids is 2. The molecule has 2 rings (SSSR count). The molecule has 0 aromatic carbocycles. The van der Waals surface area contributed by atoms with Crippen molar-refractivity contribution in [2.45, 2.75) is 25.8 Å². The van der Waals surface area contributed by atoms with Gasteiger partial charge in [-0.3, -0.25) is 19.5 Å². The molecular formula is C14H20N4O2. The molecule has 0 unspecified atom stereocenters. The summed E-state index contributed by atoms with van der Waals surface area (Å²) in [6, 6.07) is 3.73. The Balaban J connectivity index is 1.78. The number of hydrogen-bond donors (Lipinski definition) is 2. The molecule has 2 N–H and O–H groups in total. The summed E-state index contributed by atoms with van der Waals surface area (Å²) in [5.41, 5.74) is 0.517. The first-order valence-electron chi connectivity index (χ1n) is 6.94. The van der Waals surface area contributed by atoms with Crippen LogP contribution >= 0.6 is 0 Å². The molecule has 20 heavy (non-hydrogen) atoms. The minimum absolute atomic E-state index is 0.343. The average Bonchev–Trinajstić information content (AvgIpc) is 2.93. The molecular weight excluding hydrogens is 256 g/mol. The molecule has 0 spiro atoms. The molecule has 6 heteroatoms. The fourth-order valence-electron chi connectivity index (χ4n) is 2.46. The third kappa shape index (κ3) is 3.77. The molecule has 0 saturated carbocycles. The Morgan fingerprint density at radius 2 is 2.30 bits per heavy atom. The Bertz CT molecular complexity index is 464. The van der Waals surface area contributed by atoms with Crippen LogP contribution in [0.1, 0.15) is 19.8 Å². The number of nitrogens with one attached hydrogen (secondary N) is 2. The lowest BCUT2D eigenvalue weighted by molar-refractivity contribution is -0.136. The van der Waals surface area contributed by atoms with E-state index in [1.165, 1.54) is 6.20 Å². The molecule has 108 valence electrons. The van der Waals surface area contributed by atoms with Crippen LogP contribution in [0.2, 0.25) is 0 Å². The van der Waals surface area contributed by atoms with Crippen LogP contribution in [0.25, 0.3) is 0 Å². The maximum atomic E-state index is 11.7. The molecule has 1 aliphatic heterocycles. The molecule has 1 atom stereocenters. The Hall–Kier alpha value is -1.95. The monoisotopic (exact) mass is 276 g/mol. The maximum Gasteiger partial charge on any atom is 0.313 e. The highest BCUT2D eigenvalue weighted by molar-refractivity contribution is 6.39. The minimum Gasteiger partial charge on any atom is -0.346 e. The van der Waals surface area contributed by atoms with Gasteiger partial charge in [0.25, 0.3) is 0 Å². The molecule has 0 bridgehead atoms. The van der Waals surface area contributed by atoms with E-state index >= 15 is 0 Å². The van der Waals surface area contributed by atoms with Crippen LogP contribution in [0.5, 0.6) is 0 Å². The predicted octanol–water partition coefficient (Wildman–Crippen LogP) is 0.621. The van der Waals surface area contributed by atoms with Gasteiger partial charge in [-0.2, -0.15) is 0 Å². The SMILES string of the molecule is CCN1CCC[C@@H]1CNC(=O)C(=O)Nc1cccnc1. The highest BCUT2D eigenvalue weighted by atomic mass is 16.2. The van der Waals surface area contributed by atoms with E-state index in [0.717, 1.165) is 25.9 Å². The minimum atomic E-state index is -0.654. The first kappa shape index (κ1) is 14.5. The second-order valence-corrected chi connectivity index (χ2v) is 4.83. The smallest absolute Gasteiger partial charge is 0.313 e. The van der Waals surface area contributed by atoms with Gasteiger partial charge in [0, 0.05) is 18.8 Å². The molecule has 1 saturated heterocycles. The van der Waals surface area contributed by atoms with E-state index in [-0.39, 0.29) is 0 Å². The number of aromatic nitrogens is 1. The number of likely N-dealkylation sites (N-methyl/N-ethyl adjacent to an activating group) is 1. The summed E-state index contributed by atoms with van der Waals surface area (Å²) in [7, 11) is 0. The van der Waals surface area contributed by atoms with Gasteiger partial charge >= 0.3 is 11.8 Å². The highest BCUT2D eigenvalue weighted by Crippen LogP contribution is 2.15. The number of pyridine rings is 1. The molecule has 1 fully saturated rings. The van der Waals surface area contributed by atoms with Gasteiger partial charge in [-0.15, -0.1) is 0 Å². The van der Waals surface area contributed by atoms with Gasteiger partial charge in [-0.25, -0.2) is 0 Å². The van der Waals surface area contributed by atoms with E-state index in [1.54, 1.807) is 18.3 Å². The Kier molecular flexibility index (Phi) is 5.06. The number of amides is 2. The van der Waals surface area contributed by atoms with E-state index in [0.29, 0.717) is 18.3 Å². The molecule has 2 heterocycles. The molecule has 1 aromatic heterocycles. The lowest BCUT2D eigenvalue weighted by Crippen LogP contribution is -2.43. The first-order valence-corrected chi connectivity index (χ1v) is 6.94. The molecule has 0 radical (unpaired) electrons. The summed E-state index contributed by atoms with van der Waals surface area (Å²) in [6.07, 6.45) is 5.32. The topological polar surface area (TPSA) is 74.3 Å². The van der Waals surface area contributed by atoms with Crippen molar-refractivity contribution in [1.29, 1.82) is 0 Å². The third-order valence-corrected chi connectivity index (χ3v) is 3.53. The number of nitrogens with zero attached hydrogens (tertiary/aromatic N) is 2. The van der Waals surface area contributed by atoms with Gasteiger partial charge in [-0.1, -0.05) is 6.92 Å². The Labute approximate surface area is 118 Å². The molecule has 6 nitrogen and oxygen atoms in total. The van der Waals surface area contributed by atoms with Gasteiger partial charge in [-0.05, 0) is 38.1 Å². The zero-order chi connectivity index (χ0) is 14.4. The van der Waals surface area contributed by atoms with Crippen LogP contribution in [0.4, 0.5) is 5.69 Å². The van der Waals surface area contributed by atoms with Gasteiger partial charge < -0.3 is 10.6 Å². The standard InChI is InChI=1S/C14H20N4O2/c1-2-18-8-4-6-12(18)10-16-13(19)14(20)17-11-5-3-7-15-9-11/h3,5,7,9,12H,2,4,6,8,10H2,1H3,(H,16,19)(H,17,20)/t12-/m1/s1. The fraction of sp³-hybridized carbons (Fsp3) is 0.500. The number of hydrogen-bond acceptors (Lipinski definition) is 4. The Morgan fingerprint density at radius 3 is 3.00 bits per heavy atom. The van der Waals surface area contributed by atoms with Crippen molar-refractivity contribution in [3.63, 3.8) is 0 Å². The fourth-order valence-corrected chi connectivity index (χ4v) is 2.46. The van der Waals surface area contributed by atoms with Crippen molar-refractivity contribution in [2.75, 3.05) is 25.0 Å². The van der Waals surface area contributed by atoms with E-state index in [9.17, 15) is 9.59 Å². The van der Waals surface area contributed by atoms with Crippen LogP contribution in [0.3, 0.4) is 0 Å². The van der Waals surface area contributed by atoms with E-state index in [1.807, 2.05) is 0 Å². The van der Waals surface area contributed by atoms with Crippen LogP contribution in [-0.2, 0) is 9.59 Å². The lowest BCUT2D eigenvalue weighted by atomic mass is 10.2. The second kappa shape index (κ2) is 7.00. The van der Waals surface area contributed by atoms with Gasteiger partial charge in [0.1, 0.15) is 0 Å². The molecule has 1 aliphatic rings. The molecule has 2 amide bonds. The van der Waals surface area contributed by atoms with Crippen molar-refractivity contribution in [3.8, 4) is 0 Å². The van der Waals surface area contributed by atoms with Crippen molar-refractivity contribution >= 4 is 17.5 Å². The third-order valence-electron chi connectivity index (χ3n) is 3.53. The van der Waals surface area contributed by atoms with E-state index in [4.69, 9.17) is 0 Å². The maximum absolute atomic E-state index is 11.7. The number of anilines is 1. The summed E-state index contributed by atoms with van der Waals surface area (Å²) >= 11 is 0. The second-order valence-electron chi connectivity index (χ2n) is 4.83. The van der Waals surface area contributed by atoms with Gasteiger partial charge in [0.05, 0.1) is 11.9 Å². The van der Waals surface area contributed by atoms with Crippen LogP contribution < -0.4 is 10.6 Å². The number of likely N-dealkylation sites (tertiary alicyclic amines) is 1. The summed E-state index contributed by atoms with van der Waals surface area (Å²) in [5.74, 6) is -1.25. The number of rotatable bonds is 4. The zero-order valence-corrected chi connectivity index (χ0v) is 11.6. The van der Waals surface area contributed by atoms with E-state index in [2.05, 4.69) is 27.4 Å². The average molecular weight is 276 g/mol. The Morgan fingerprint density at radius 1 is 1.45 bits per heavy atom. The lowest BCUT2D eigenvalue weighted by Gasteiger charge is -2.22. The quantitative estimate of drug-likeness (QED) is 0.791. The van der Waals surface area contributed by atoms with Crippen LogP contribution in [-0.4, -0.2) is 47.4 Å². The first-order chi connectivity index (χ1) is 9.70. The largest absolute Gasteiger partial charge is 0.346 e. The molecule has 1 aromatic rings. The van der Waals surface area contributed by atoms with Crippen LogP contribution in [0.15, 0.2) is 24.5 Å². The van der Waals surface area contributed by atoms with E-state index < -0.39 is 11.8 Å². The van der Waals surface area contributed by atoms with Crippen molar-refractivity contribution in [1.82, 2.24) is 15.2 Å². The summed E-state index contributed by atoms with van der Waals surface area (Å²) < 4.78 is 0.